The number of nitriles is 1. The van der Waals surface area contributed by atoms with Crippen LogP contribution < -0.4 is 5.32 Å². The first kappa shape index (κ1) is 15.3. The third-order valence-corrected chi connectivity index (χ3v) is 4.89. The van der Waals surface area contributed by atoms with Gasteiger partial charge in [-0.2, -0.15) is 5.26 Å². The molecular weight excluding hydrogens is 250 g/mol. The van der Waals surface area contributed by atoms with E-state index in [1.54, 1.807) is 0 Å². The van der Waals surface area contributed by atoms with Crippen LogP contribution in [0.25, 0.3) is 0 Å². The van der Waals surface area contributed by atoms with Gasteiger partial charge in [0.2, 0.25) is 5.91 Å². The fourth-order valence-electron chi connectivity index (χ4n) is 3.51. The zero-order chi connectivity index (χ0) is 14.4. The molecule has 4 nitrogen and oxygen atoms in total. The second kappa shape index (κ2) is 7.08. The Morgan fingerprint density at radius 2 is 2.00 bits per heavy atom. The molecule has 1 amide bonds. The lowest BCUT2D eigenvalue weighted by atomic mass is 9.80. The molecule has 1 N–H and O–H groups in total. The van der Waals surface area contributed by atoms with Gasteiger partial charge >= 0.3 is 0 Å². The number of hydrogen-bond acceptors (Lipinski definition) is 3. The van der Waals surface area contributed by atoms with Crippen LogP contribution in [0.3, 0.4) is 0 Å². The van der Waals surface area contributed by atoms with Gasteiger partial charge < -0.3 is 10.2 Å². The van der Waals surface area contributed by atoms with E-state index in [4.69, 9.17) is 0 Å². The van der Waals surface area contributed by atoms with E-state index >= 15 is 0 Å². The monoisotopic (exact) mass is 277 g/mol. The van der Waals surface area contributed by atoms with Crippen molar-refractivity contribution in [3.63, 3.8) is 0 Å². The minimum Gasteiger partial charge on any atom is -0.351 e. The van der Waals surface area contributed by atoms with E-state index in [2.05, 4.69) is 23.2 Å². The van der Waals surface area contributed by atoms with Gasteiger partial charge in [0, 0.05) is 12.6 Å². The molecule has 2 rings (SSSR count). The summed E-state index contributed by atoms with van der Waals surface area (Å²) < 4.78 is 0. The molecule has 0 spiro atoms. The minimum atomic E-state index is -0.759. The number of piperidine rings is 1. The van der Waals surface area contributed by atoms with Crippen LogP contribution in [0.15, 0.2) is 0 Å². The molecule has 1 aliphatic carbocycles. The van der Waals surface area contributed by atoms with Crippen molar-refractivity contribution < 1.29 is 4.79 Å². The Bertz CT molecular complexity index is 366. The summed E-state index contributed by atoms with van der Waals surface area (Å²) in [5.41, 5.74) is -0.759. The zero-order valence-electron chi connectivity index (χ0n) is 12.7. The predicted octanol–water partition coefficient (Wildman–Crippen LogP) is 2.45. The molecule has 0 aromatic rings. The lowest BCUT2D eigenvalue weighted by Gasteiger charge is -2.34. The van der Waals surface area contributed by atoms with Gasteiger partial charge in [-0.3, -0.25) is 4.79 Å². The fraction of sp³-hybridized carbons (Fsp3) is 0.875. The molecule has 0 bridgehead atoms. The van der Waals surface area contributed by atoms with Crippen molar-refractivity contribution in [3.05, 3.63) is 0 Å². The first-order valence-electron chi connectivity index (χ1n) is 8.15. The van der Waals surface area contributed by atoms with E-state index in [-0.39, 0.29) is 11.9 Å². The van der Waals surface area contributed by atoms with Crippen LogP contribution >= 0.6 is 0 Å². The van der Waals surface area contributed by atoms with Gasteiger partial charge in [-0.15, -0.1) is 0 Å². The molecule has 0 aromatic carbocycles. The highest BCUT2D eigenvalue weighted by Crippen LogP contribution is 2.35. The number of carbonyl (C=O) groups excluding carboxylic acids is 1. The van der Waals surface area contributed by atoms with Crippen LogP contribution in [0.1, 0.15) is 58.3 Å². The molecule has 1 saturated carbocycles. The number of nitrogens with zero attached hydrogens (tertiary/aromatic N) is 2. The summed E-state index contributed by atoms with van der Waals surface area (Å²) in [6.07, 6.45) is 7.98. The topological polar surface area (TPSA) is 56.1 Å². The number of rotatable bonds is 3. The van der Waals surface area contributed by atoms with Gasteiger partial charge in [0.05, 0.1) is 6.07 Å². The fourth-order valence-corrected chi connectivity index (χ4v) is 3.51. The highest BCUT2D eigenvalue weighted by molar-refractivity contribution is 5.85. The van der Waals surface area contributed by atoms with Crippen LogP contribution in [-0.2, 0) is 4.79 Å². The van der Waals surface area contributed by atoms with Crippen LogP contribution in [-0.4, -0.2) is 36.5 Å². The quantitative estimate of drug-likeness (QED) is 0.806. The van der Waals surface area contributed by atoms with Gasteiger partial charge in [0.1, 0.15) is 5.41 Å². The molecule has 0 aromatic heterocycles. The minimum absolute atomic E-state index is 0.00940. The lowest BCUT2D eigenvalue weighted by Crippen LogP contribution is -2.51. The van der Waals surface area contributed by atoms with Crippen molar-refractivity contribution in [2.45, 2.75) is 64.3 Å². The van der Waals surface area contributed by atoms with Gasteiger partial charge in [0.25, 0.3) is 0 Å². The number of likely N-dealkylation sites (tertiary alicyclic amines) is 1. The molecule has 2 fully saturated rings. The third-order valence-electron chi connectivity index (χ3n) is 4.89. The van der Waals surface area contributed by atoms with Crippen molar-refractivity contribution >= 4 is 5.91 Å². The number of carbonyl (C=O) groups is 1. The number of likely N-dealkylation sites (N-methyl/N-ethyl adjacent to an activating group) is 1. The SMILES string of the molecule is CCN1CCCC(NC(=O)C2(C#N)CCCCCC2)C1. The Balaban J connectivity index is 1.96. The van der Waals surface area contributed by atoms with Crippen molar-refractivity contribution in [1.82, 2.24) is 10.2 Å². The number of nitrogens with one attached hydrogen (secondary N) is 1. The van der Waals surface area contributed by atoms with Crippen molar-refractivity contribution in [2.75, 3.05) is 19.6 Å². The van der Waals surface area contributed by atoms with Gasteiger partial charge in [-0.05, 0) is 38.8 Å². The maximum Gasteiger partial charge on any atom is 0.240 e. The largest absolute Gasteiger partial charge is 0.351 e. The molecule has 0 radical (unpaired) electrons. The zero-order valence-corrected chi connectivity index (χ0v) is 12.7. The normalized spacial score (nSPS) is 27.3. The van der Waals surface area contributed by atoms with E-state index in [1.807, 2.05) is 0 Å². The summed E-state index contributed by atoms with van der Waals surface area (Å²) in [5, 5.41) is 12.7. The Labute approximate surface area is 122 Å². The van der Waals surface area contributed by atoms with Crippen LogP contribution in [0, 0.1) is 16.7 Å². The molecule has 1 saturated heterocycles. The standard InChI is InChI=1S/C16H27N3O/c1-2-19-11-7-8-14(12-19)18-15(20)16(13-17)9-5-3-4-6-10-16/h14H,2-12H2,1H3,(H,18,20). The number of amides is 1. The Morgan fingerprint density at radius 3 is 2.60 bits per heavy atom. The maximum atomic E-state index is 12.6. The Morgan fingerprint density at radius 1 is 1.30 bits per heavy atom. The first-order valence-corrected chi connectivity index (χ1v) is 8.15. The summed E-state index contributed by atoms with van der Waals surface area (Å²) in [6, 6.07) is 2.57. The van der Waals surface area contributed by atoms with E-state index in [9.17, 15) is 10.1 Å². The van der Waals surface area contributed by atoms with Crippen LogP contribution in [0.5, 0.6) is 0 Å². The predicted molar refractivity (Wildman–Crippen MR) is 79.0 cm³/mol. The molecule has 1 heterocycles. The smallest absolute Gasteiger partial charge is 0.240 e. The summed E-state index contributed by atoms with van der Waals surface area (Å²) >= 11 is 0. The molecule has 112 valence electrons. The lowest BCUT2D eigenvalue weighted by molar-refractivity contribution is -0.129. The van der Waals surface area contributed by atoms with E-state index < -0.39 is 5.41 Å². The average molecular weight is 277 g/mol. The Kier molecular flexibility index (Phi) is 5.42. The summed E-state index contributed by atoms with van der Waals surface area (Å²) in [7, 11) is 0. The van der Waals surface area contributed by atoms with Gasteiger partial charge in [0.15, 0.2) is 0 Å². The third kappa shape index (κ3) is 3.52. The summed E-state index contributed by atoms with van der Waals surface area (Å²) in [4.78, 5) is 15.0. The van der Waals surface area contributed by atoms with E-state index in [0.717, 1.165) is 71.0 Å². The average Bonchev–Trinajstić information content (AvgIpc) is 2.74. The molecule has 20 heavy (non-hydrogen) atoms. The molecule has 1 unspecified atom stereocenters. The highest BCUT2D eigenvalue weighted by Gasteiger charge is 2.39. The summed E-state index contributed by atoms with van der Waals surface area (Å²) in [5.74, 6) is -0.00940. The van der Waals surface area contributed by atoms with E-state index in [1.165, 1.54) is 0 Å². The summed E-state index contributed by atoms with van der Waals surface area (Å²) in [6.45, 7) is 5.26. The molecule has 2 aliphatic rings. The van der Waals surface area contributed by atoms with Crippen molar-refractivity contribution in [1.29, 1.82) is 5.26 Å². The molecule has 1 aliphatic heterocycles. The van der Waals surface area contributed by atoms with Crippen LogP contribution in [0.4, 0.5) is 0 Å². The second-order valence-electron chi connectivity index (χ2n) is 6.31. The van der Waals surface area contributed by atoms with Crippen molar-refractivity contribution in [2.24, 2.45) is 5.41 Å². The van der Waals surface area contributed by atoms with Crippen molar-refractivity contribution in [3.8, 4) is 6.07 Å². The molecule has 4 heteroatoms. The van der Waals surface area contributed by atoms with Gasteiger partial charge in [-0.25, -0.2) is 0 Å². The van der Waals surface area contributed by atoms with Gasteiger partial charge in [-0.1, -0.05) is 32.6 Å². The first-order chi connectivity index (χ1) is 9.70. The highest BCUT2D eigenvalue weighted by atomic mass is 16.2. The second-order valence-corrected chi connectivity index (χ2v) is 6.31. The maximum absolute atomic E-state index is 12.6. The number of hydrogen-bond donors (Lipinski definition) is 1. The molecule has 1 atom stereocenters. The Hall–Kier alpha value is -1.08. The van der Waals surface area contributed by atoms with E-state index in [0.29, 0.717) is 0 Å². The molecular formula is C16H27N3O. The van der Waals surface area contributed by atoms with Crippen LogP contribution in [0.2, 0.25) is 0 Å².